The number of ether oxygens (including phenoxy) is 1. The first-order valence-corrected chi connectivity index (χ1v) is 8.71. The van der Waals surface area contributed by atoms with E-state index in [2.05, 4.69) is 46.4 Å². The van der Waals surface area contributed by atoms with Gasteiger partial charge < -0.3 is 9.84 Å². The van der Waals surface area contributed by atoms with Gasteiger partial charge in [-0.25, -0.2) is 0 Å². The van der Waals surface area contributed by atoms with Gasteiger partial charge in [-0.15, -0.1) is 0 Å². The zero-order valence-electron chi connectivity index (χ0n) is 14.8. The monoisotopic (exact) mass is 322 g/mol. The fourth-order valence-electron chi connectivity index (χ4n) is 3.95. The molecule has 6 nitrogen and oxygen atoms in total. The van der Waals surface area contributed by atoms with Gasteiger partial charge in [-0.05, 0) is 33.8 Å². The molecule has 0 spiro atoms. The highest BCUT2D eigenvalue weighted by Gasteiger charge is 2.32. The van der Waals surface area contributed by atoms with Crippen LogP contribution >= 0.6 is 0 Å². The van der Waals surface area contributed by atoms with E-state index in [1.54, 1.807) is 0 Å². The van der Waals surface area contributed by atoms with Crippen LogP contribution in [0, 0.1) is 13.8 Å². The molecular weight excluding hydrogens is 292 g/mol. The largest absolute Gasteiger partial charge is 0.390 e. The van der Waals surface area contributed by atoms with E-state index in [9.17, 15) is 5.11 Å². The smallest absolute Gasteiger partial charge is 0.0793 e. The Morgan fingerprint density at radius 1 is 1.13 bits per heavy atom. The minimum atomic E-state index is -0.297. The third-order valence-electron chi connectivity index (χ3n) is 4.76. The number of nitrogens with zero attached hydrogens (tertiary/aromatic N) is 4. The second kappa shape index (κ2) is 6.89. The van der Waals surface area contributed by atoms with E-state index in [0.29, 0.717) is 6.04 Å². The van der Waals surface area contributed by atoms with Crippen LogP contribution in [0.2, 0.25) is 0 Å². The summed E-state index contributed by atoms with van der Waals surface area (Å²) in [6.45, 7) is 13.6. The molecule has 2 aliphatic heterocycles. The Kier molecular flexibility index (Phi) is 5.06. The van der Waals surface area contributed by atoms with E-state index in [0.717, 1.165) is 45.0 Å². The minimum absolute atomic E-state index is 0.255. The predicted octanol–water partition coefficient (Wildman–Crippen LogP) is 0.827. The summed E-state index contributed by atoms with van der Waals surface area (Å²) in [5.41, 5.74) is 2.31. The molecule has 1 aromatic rings. The van der Waals surface area contributed by atoms with Gasteiger partial charge in [-0.1, -0.05) is 0 Å². The Bertz CT molecular complexity index is 517. The van der Waals surface area contributed by atoms with Crippen molar-refractivity contribution in [2.75, 3.05) is 39.3 Å². The third-order valence-corrected chi connectivity index (χ3v) is 4.76. The van der Waals surface area contributed by atoms with Gasteiger partial charge in [0.25, 0.3) is 0 Å². The lowest BCUT2D eigenvalue weighted by molar-refractivity contribution is -0.0798. The lowest BCUT2D eigenvalue weighted by atomic mass is 10.1. The van der Waals surface area contributed by atoms with Crippen LogP contribution < -0.4 is 0 Å². The number of hydrogen-bond acceptors (Lipinski definition) is 5. The molecule has 3 rings (SSSR count). The maximum absolute atomic E-state index is 10.4. The zero-order valence-corrected chi connectivity index (χ0v) is 14.8. The number of aliphatic hydroxyl groups excluding tert-OH is 1. The molecule has 2 aliphatic rings. The third kappa shape index (κ3) is 4.12. The van der Waals surface area contributed by atoms with Crippen LogP contribution in [0.4, 0.5) is 0 Å². The fourth-order valence-corrected chi connectivity index (χ4v) is 3.95. The molecule has 1 N–H and O–H groups in total. The van der Waals surface area contributed by atoms with Gasteiger partial charge in [-0.2, -0.15) is 5.10 Å². The predicted molar refractivity (Wildman–Crippen MR) is 89.6 cm³/mol. The molecule has 2 fully saturated rings. The van der Waals surface area contributed by atoms with Gasteiger partial charge >= 0.3 is 0 Å². The van der Waals surface area contributed by atoms with Crippen molar-refractivity contribution in [1.29, 1.82) is 0 Å². The summed E-state index contributed by atoms with van der Waals surface area (Å²) < 4.78 is 7.87. The molecule has 0 bridgehead atoms. The second-order valence-corrected chi connectivity index (χ2v) is 7.37. The van der Waals surface area contributed by atoms with Gasteiger partial charge in [0.15, 0.2) is 0 Å². The first kappa shape index (κ1) is 16.9. The number of β-amino-alcohol motifs (C(OH)–C–C–N with tert-alkyl or cyclic N) is 1. The second-order valence-electron chi connectivity index (χ2n) is 7.37. The summed E-state index contributed by atoms with van der Waals surface area (Å²) in [5.74, 6) is 0. The Labute approximate surface area is 139 Å². The molecule has 6 heteroatoms. The SMILES string of the molecule is Cc1cc(C)n(C2CN(CC(O)CN3CC(C)OC(C)C3)C2)n1. The first-order valence-electron chi connectivity index (χ1n) is 8.71. The molecular formula is C17H30N4O2. The molecule has 0 amide bonds. The van der Waals surface area contributed by atoms with Gasteiger partial charge in [-0.3, -0.25) is 14.5 Å². The van der Waals surface area contributed by atoms with Crippen molar-refractivity contribution in [2.24, 2.45) is 0 Å². The number of aliphatic hydroxyl groups is 1. The molecule has 1 aromatic heterocycles. The molecule has 0 aliphatic carbocycles. The lowest BCUT2D eigenvalue weighted by Gasteiger charge is -2.42. The maximum atomic E-state index is 10.4. The van der Waals surface area contributed by atoms with Gasteiger partial charge in [0.2, 0.25) is 0 Å². The van der Waals surface area contributed by atoms with Crippen LogP contribution in [0.1, 0.15) is 31.3 Å². The van der Waals surface area contributed by atoms with E-state index < -0.39 is 0 Å². The van der Waals surface area contributed by atoms with Gasteiger partial charge in [0.1, 0.15) is 0 Å². The molecule has 0 saturated carbocycles. The Morgan fingerprint density at radius 3 is 2.22 bits per heavy atom. The molecule has 23 heavy (non-hydrogen) atoms. The van der Waals surface area contributed by atoms with Crippen LogP contribution in [0.3, 0.4) is 0 Å². The Hall–Kier alpha value is -0.950. The first-order chi connectivity index (χ1) is 10.9. The summed E-state index contributed by atoms with van der Waals surface area (Å²) >= 11 is 0. The quantitative estimate of drug-likeness (QED) is 0.870. The van der Waals surface area contributed by atoms with Crippen molar-refractivity contribution >= 4 is 0 Å². The average Bonchev–Trinajstić information content (AvgIpc) is 2.70. The zero-order chi connectivity index (χ0) is 16.6. The number of likely N-dealkylation sites (tertiary alicyclic amines) is 1. The lowest BCUT2D eigenvalue weighted by Crippen LogP contribution is -2.54. The molecule has 3 heterocycles. The molecule has 2 saturated heterocycles. The number of aryl methyl sites for hydroxylation is 2. The van der Waals surface area contributed by atoms with E-state index in [1.807, 2.05) is 6.92 Å². The van der Waals surface area contributed by atoms with Crippen molar-refractivity contribution in [3.05, 3.63) is 17.5 Å². The molecule has 130 valence electrons. The standard InChI is InChI=1S/C17H30N4O2/c1-12-5-13(2)21(18-12)16-8-20(9-16)11-17(22)10-19-6-14(3)23-15(4)7-19/h5,14-17,22H,6-11H2,1-4H3. The van der Waals surface area contributed by atoms with Crippen molar-refractivity contribution in [1.82, 2.24) is 19.6 Å². The molecule has 0 radical (unpaired) electrons. The average molecular weight is 322 g/mol. The number of hydrogen-bond donors (Lipinski definition) is 1. The summed E-state index contributed by atoms with van der Waals surface area (Å²) in [7, 11) is 0. The summed E-state index contributed by atoms with van der Waals surface area (Å²) in [6, 6.07) is 2.58. The highest BCUT2D eigenvalue weighted by molar-refractivity contribution is 5.09. The van der Waals surface area contributed by atoms with E-state index in [1.165, 1.54) is 5.69 Å². The summed E-state index contributed by atoms with van der Waals surface area (Å²) in [6.07, 6.45) is 0.213. The normalized spacial score (nSPS) is 28.7. The summed E-state index contributed by atoms with van der Waals surface area (Å²) in [5, 5.41) is 14.9. The highest BCUT2D eigenvalue weighted by Crippen LogP contribution is 2.23. The number of aromatic nitrogens is 2. The molecule has 3 atom stereocenters. The number of morpholine rings is 1. The van der Waals surface area contributed by atoms with Crippen molar-refractivity contribution in [3.63, 3.8) is 0 Å². The van der Waals surface area contributed by atoms with Crippen LogP contribution in [0.15, 0.2) is 6.07 Å². The van der Waals surface area contributed by atoms with Gasteiger partial charge in [0, 0.05) is 45.0 Å². The minimum Gasteiger partial charge on any atom is -0.390 e. The highest BCUT2D eigenvalue weighted by atomic mass is 16.5. The van der Waals surface area contributed by atoms with E-state index in [4.69, 9.17) is 4.74 Å². The van der Waals surface area contributed by atoms with E-state index in [-0.39, 0.29) is 18.3 Å². The van der Waals surface area contributed by atoms with Gasteiger partial charge in [0.05, 0.1) is 30.0 Å². The van der Waals surface area contributed by atoms with Crippen LogP contribution in [-0.2, 0) is 4.74 Å². The maximum Gasteiger partial charge on any atom is 0.0793 e. The Morgan fingerprint density at radius 2 is 1.70 bits per heavy atom. The van der Waals surface area contributed by atoms with Crippen LogP contribution in [0.5, 0.6) is 0 Å². The topological polar surface area (TPSA) is 53.8 Å². The van der Waals surface area contributed by atoms with Crippen LogP contribution in [0.25, 0.3) is 0 Å². The molecule has 0 aromatic carbocycles. The van der Waals surface area contributed by atoms with Crippen molar-refractivity contribution in [2.45, 2.75) is 52.0 Å². The number of rotatable bonds is 5. The van der Waals surface area contributed by atoms with Crippen LogP contribution in [-0.4, -0.2) is 82.3 Å². The summed E-state index contributed by atoms with van der Waals surface area (Å²) in [4.78, 5) is 4.64. The Balaban J connectivity index is 1.42. The van der Waals surface area contributed by atoms with Crippen molar-refractivity contribution in [3.8, 4) is 0 Å². The van der Waals surface area contributed by atoms with E-state index >= 15 is 0 Å². The molecule has 3 unspecified atom stereocenters. The fraction of sp³-hybridized carbons (Fsp3) is 0.824. The van der Waals surface area contributed by atoms with Crippen molar-refractivity contribution < 1.29 is 9.84 Å².